The smallest absolute Gasteiger partial charge is 0.313 e. The van der Waals surface area contributed by atoms with Crippen LogP contribution in [0.25, 0.3) is 0 Å². The first-order chi connectivity index (χ1) is 7.91. The molecule has 17 heavy (non-hydrogen) atoms. The maximum absolute atomic E-state index is 11.6. The van der Waals surface area contributed by atoms with E-state index in [0.717, 1.165) is 5.56 Å². The van der Waals surface area contributed by atoms with Crippen molar-refractivity contribution in [1.82, 2.24) is 0 Å². The Labute approximate surface area is 102 Å². The van der Waals surface area contributed by atoms with Gasteiger partial charge >= 0.3 is 5.97 Å². The van der Waals surface area contributed by atoms with Gasteiger partial charge < -0.3 is 9.84 Å². The van der Waals surface area contributed by atoms with Gasteiger partial charge in [-0.2, -0.15) is 0 Å². The van der Waals surface area contributed by atoms with Gasteiger partial charge in [-0.3, -0.25) is 4.79 Å². The van der Waals surface area contributed by atoms with Crippen LogP contribution in [0.4, 0.5) is 0 Å². The molecule has 3 heteroatoms. The molecule has 0 amide bonds. The van der Waals surface area contributed by atoms with E-state index in [9.17, 15) is 9.90 Å². The van der Waals surface area contributed by atoms with E-state index >= 15 is 0 Å². The molecule has 0 aromatic heterocycles. The second-order valence-electron chi connectivity index (χ2n) is 4.86. The van der Waals surface area contributed by atoms with Gasteiger partial charge in [0.2, 0.25) is 0 Å². The molecule has 0 aliphatic rings. The number of hydrogen-bond acceptors (Lipinski definition) is 3. The Hall–Kier alpha value is -1.35. The molecule has 0 fully saturated rings. The van der Waals surface area contributed by atoms with Gasteiger partial charge in [0.1, 0.15) is 0 Å². The van der Waals surface area contributed by atoms with Gasteiger partial charge in [-0.25, -0.2) is 0 Å². The summed E-state index contributed by atoms with van der Waals surface area (Å²) in [4.78, 5) is 11.6. The molecule has 0 spiro atoms. The lowest BCUT2D eigenvalue weighted by Crippen LogP contribution is -2.41. The molecular formula is C14H20O3. The summed E-state index contributed by atoms with van der Waals surface area (Å²) < 4.78 is 4.72. The number of rotatable bonds is 4. The van der Waals surface area contributed by atoms with Crippen molar-refractivity contribution in [3.05, 3.63) is 35.9 Å². The molecule has 0 aliphatic carbocycles. The Morgan fingerprint density at radius 2 is 1.82 bits per heavy atom. The summed E-state index contributed by atoms with van der Waals surface area (Å²) in [7, 11) is 1.34. The molecule has 3 nitrogen and oxygen atoms in total. The van der Waals surface area contributed by atoms with Crippen LogP contribution in [-0.4, -0.2) is 24.3 Å². The molecule has 0 saturated heterocycles. The summed E-state index contributed by atoms with van der Waals surface area (Å²) in [6, 6.07) is 9.66. The van der Waals surface area contributed by atoms with Gasteiger partial charge in [0, 0.05) is 5.92 Å². The Balaban J connectivity index is 2.90. The minimum atomic E-state index is -0.913. The number of carbonyl (C=O) groups is 1. The van der Waals surface area contributed by atoms with E-state index in [1.165, 1.54) is 7.11 Å². The topological polar surface area (TPSA) is 46.5 Å². The summed E-state index contributed by atoms with van der Waals surface area (Å²) in [5.74, 6) is -0.516. The average molecular weight is 236 g/mol. The number of aliphatic hydroxyl groups is 1. The van der Waals surface area contributed by atoms with E-state index < -0.39 is 17.5 Å². The fraction of sp³-hybridized carbons (Fsp3) is 0.500. The van der Waals surface area contributed by atoms with Crippen molar-refractivity contribution in [2.24, 2.45) is 5.41 Å². The minimum Gasteiger partial charge on any atom is -0.469 e. The van der Waals surface area contributed by atoms with Crippen molar-refractivity contribution in [3.63, 3.8) is 0 Å². The summed E-state index contributed by atoms with van der Waals surface area (Å²) in [6.07, 6.45) is -0.780. The van der Waals surface area contributed by atoms with Gasteiger partial charge in [-0.15, -0.1) is 0 Å². The molecule has 0 unspecified atom stereocenters. The number of ether oxygens (including phenoxy) is 1. The third kappa shape index (κ3) is 2.86. The predicted octanol–water partition coefficient (Wildman–Crippen LogP) is 2.35. The van der Waals surface area contributed by atoms with Gasteiger partial charge in [0.05, 0.1) is 18.6 Å². The molecule has 1 rings (SSSR count). The molecule has 0 radical (unpaired) electrons. The van der Waals surface area contributed by atoms with Gasteiger partial charge in [0.15, 0.2) is 0 Å². The zero-order chi connectivity index (χ0) is 13.1. The SMILES string of the molecule is COC(=O)C(C)(C)[C@H](O)[C@H](C)c1ccccc1. The molecule has 0 saturated carbocycles. The van der Waals surface area contributed by atoms with Crippen molar-refractivity contribution in [1.29, 1.82) is 0 Å². The van der Waals surface area contributed by atoms with Gasteiger partial charge in [-0.1, -0.05) is 37.3 Å². The van der Waals surface area contributed by atoms with Crippen LogP contribution in [0.1, 0.15) is 32.3 Å². The Bertz CT molecular complexity index is 370. The fourth-order valence-electron chi connectivity index (χ4n) is 1.95. The highest BCUT2D eigenvalue weighted by Gasteiger charge is 2.40. The summed E-state index contributed by atoms with van der Waals surface area (Å²) in [6.45, 7) is 5.30. The Morgan fingerprint density at radius 3 is 2.29 bits per heavy atom. The lowest BCUT2D eigenvalue weighted by Gasteiger charge is -2.32. The van der Waals surface area contributed by atoms with Crippen LogP contribution in [0.5, 0.6) is 0 Å². The van der Waals surface area contributed by atoms with E-state index in [2.05, 4.69) is 0 Å². The highest BCUT2D eigenvalue weighted by Crippen LogP contribution is 2.32. The van der Waals surface area contributed by atoms with Crippen molar-refractivity contribution < 1.29 is 14.6 Å². The van der Waals surface area contributed by atoms with Crippen molar-refractivity contribution in [2.45, 2.75) is 32.8 Å². The van der Waals surface area contributed by atoms with Crippen molar-refractivity contribution in [2.75, 3.05) is 7.11 Å². The van der Waals surface area contributed by atoms with Crippen LogP contribution in [0.15, 0.2) is 30.3 Å². The molecule has 0 heterocycles. The first-order valence-electron chi connectivity index (χ1n) is 5.72. The molecule has 94 valence electrons. The zero-order valence-corrected chi connectivity index (χ0v) is 10.8. The van der Waals surface area contributed by atoms with E-state index in [1.54, 1.807) is 13.8 Å². The van der Waals surface area contributed by atoms with Gasteiger partial charge in [-0.05, 0) is 19.4 Å². The molecule has 0 aliphatic heterocycles. The quantitative estimate of drug-likeness (QED) is 0.816. The maximum atomic E-state index is 11.6. The van der Waals surface area contributed by atoms with Crippen LogP contribution in [0.2, 0.25) is 0 Å². The summed E-state index contributed by atoms with van der Waals surface area (Å²) in [5, 5.41) is 10.3. The lowest BCUT2D eigenvalue weighted by atomic mass is 9.77. The van der Waals surface area contributed by atoms with Crippen LogP contribution in [0, 0.1) is 5.41 Å². The normalized spacial score (nSPS) is 15.1. The third-order valence-corrected chi connectivity index (χ3v) is 3.25. The highest BCUT2D eigenvalue weighted by atomic mass is 16.5. The molecule has 1 aromatic carbocycles. The first-order valence-corrected chi connectivity index (χ1v) is 5.72. The first kappa shape index (κ1) is 13.7. The van der Waals surface area contributed by atoms with Crippen LogP contribution in [-0.2, 0) is 9.53 Å². The average Bonchev–Trinajstić information content (AvgIpc) is 2.36. The number of methoxy groups -OCH3 is 1. The largest absolute Gasteiger partial charge is 0.469 e. The molecule has 1 aromatic rings. The summed E-state index contributed by atoms with van der Waals surface area (Å²) in [5.41, 5.74) is 0.0984. The molecular weight excluding hydrogens is 216 g/mol. The predicted molar refractivity (Wildman–Crippen MR) is 66.7 cm³/mol. The second-order valence-corrected chi connectivity index (χ2v) is 4.86. The number of benzene rings is 1. The van der Waals surface area contributed by atoms with Crippen LogP contribution >= 0.6 is 0 Å². The highest BCUT2D eigenvalue weighted by molar-refractivity contribution is 5.76. The van der Waals surface area contributed by atoms with E-state index in [-0.39, 0.29) is 5.92 Å². The second kappa shape index (κ2) is 5.32. The Kier molecular flexibility index (Phi) is 4.29. The molecule has 0 bridgehead atoms. The lowest BCUT2D eigenvalue weighted by molar-refractivity contribution is -0.158. The van der Waals surface area contributed by atoms with Crippen LogP contribution < -0.4 is 0 Å². The van der Waals surface area contributed by atoms with Crippen LogP contribution in [0.3, 0.4) is 0 Å². The Morgan fingerprint density at radius 1 is 1.29 bits per heavy atom. The van der Waals surface area contributed by atoms with E-state index in [4.69, 9.17) is 4.74 Å². The fourth-order valence-corrected chi connectivity index (χ4v) is 1.95. The number of carbonyl (C=O) groups excluding carboxylic acids is 1. The zero-order valence-electron chi connectivity index (χ0n) is 10.8. The number of esters is 1. The summed E-state index contributed by atoms with van der Waals surface area (Å²) >= 11 is 0. The van der Waals surface area contributed by atoms with Crippen molar-refractivity contribution in [3.8, 4) is 0 Å². The third-order valence-electron chi connectivity index (χ3n) is 3.25. The molecule has 2 atom stereocenters. The van der Waals surface area contributed by atoms with Crippen molar-refractivity contribution >= 4 is 5.97 Å². The van der Waals surface area contributed by atoms with E-state index in [1.807, 2.05) is 37.3 Å². The molecule has 1 N–H and O–H groups in total. The number of aliphatic hydroxyl groups excluding tert-OH is 1. The standard InChI is InChI=1S/C14H20O3/c1-10(11-8-6-5-7-9-11)12(15)14(2,3)13(16)17-4/h5-10,12,15H,1-4H3/t10-,12-/m1/s1. The monoisotopic (exact) mass is 236 g/mol. The minimum absolute atomic E-state index is 0.120. The van der Waals surface area contributed by atoms with Gasteiger partial charge in [0.25, 0.3) is 0 Å². The number of hydrogen-bond donors (Lipinski definition) is 1. The van der Waals surface area contributed by atoms with E-state index in [0.29, 0.717) is 0 Å². The maximum Gasteiger partial charge on any atom is 0.313 e.